The summed E-state index contributed by atoms with van der Waals surface area (Å²) in [5, 5.41) is 14.4. The smallest absolute Gasteiger partial charge is 0.395 e. The van der Waals surface area contributed by atoms with Crippen LogP contribution in [0.25, 0.3) is 16.7 Å². The van der Waals surface area contributed by atoms with Crippen LogP contribution in [0.3, 0.4) is 0 Å². The third-order valence-corrected chi connectivity index (χ3v) is 4.97. The van der Waals surface area contributed by atoms with Crippen molar-refractivity contribution in [3.05, 3.63) is 94.3 Å². The van der Waals surface area contributed by atoms with Crippen molar-refractivity contribution >= 4 is 22.7 Å². The highest BCUT2D eigenvalue weighted by Gasteiger charge is 2.35. The molecule has 33 heavy (non-hydrogen) atoms. The first-order chi connectivity index (χ1) is 15.9. The number of hydrogen-bond acceptors (Lipinski definition) is 5. The number of nitrogens with one attached hydrogen (secondary N) is 2. The number of aromatic nitrogens is 2. The number of nitrogens with zero attached hydrogens (tertiary/aromatic N) is 2. The molecule has 3 aromatic rings. The van der Waals surface area contributed by atoms with Crippen LogP contribution in [-0.4, -0.2) is 27.8 Å². The summed E-state index contributed by atoms with van der Waals surface area (Å²) in [4.78, 5) is 17.3. The molecule has 2 heterocycles. The topological polar surface area (TPSA) is 79.2 Å². The van der Waals surface area contributed by atoms with Gasteiger partial charge in [-0.25, -0.2) is 4.98 Å². The van der Waals surface area contributed by atoms with Gasteiger partial charge in [0.25, 0.3) is 0 Å². The van der Waals surface area contributed by atoms with Gasteiger partial charge in [-0.15, -0.1) is 0 Å². The van der Waals surface area contributed by atoms with Gasteiger partial charge in [-0.2, -0.15) is 13.2 Å². The number of pyridine rings is 2. The maximum atomic E-state index is 14.0. The number of alkyl halides is 3. The van der Waals surface area contributed by atoms with Crippen molar-refractivity contribution in [2.75, 3.05) is 23.8 Å². The fourth-order valence-corrected chi connectivity index (χ4v) is 3.56. The lowest BCUT2D eigenvalue weighted by Gasteiger charge is -2.20. The number of halogens is 3. The lowest BCUT2D eigenvalue weighted by Crippen LogP contribution is -2.20. The fraction of sp³-hybridized carbons (Fsp3) is 0.167. The van der Waals surface area contributed by atoms with E-state index in [1.54, 1.807) is 36.4 Å². The molecule has 0 saturated carbocycles. The van der Waals surface area contributed by atoms with Crippen molar-refractivity contribution in [3.8, 4) is 5.69 Å². The van der Waals surface area contributed by atoms with Gasteiger partial charge in [0.05, 0.1) is 17.6 Å². The number of fused-ring (bicyclic) bond motifs is 1. The minimum atomic E-state index is -4.78. The molecule has 6 nitrogen and oxygen atoms in total. The van der Waals surface area contributed by atoms with E-state index in [9.17, 15) is 18.0 Å². The highest BCUT2D eigenvalue weighted by molar-refractivity contribution is 5.85. The van der Waals surface area contributed by atoms with E-state index in [-0.39, 0.29) is 30.4 Å². The van der Waals surface area contributed by atoms with Gasteiger partial charge in [-0.05, 0) is 30.7 Å². The Kier molecular flexibility index (Phi) is 6.32. The van der Waals surface area contributed by atoms with Crippen LogP contribution in [0, 0.1) is 0 Å². The van der Waals surface area contributed by atoms with E-state index < -0.39 is 22.6 Å². The van der Waals surface area contributed by atoms with Crippen LogP contribution in [0.1, 0.15) is 12.0 Å². The molecule has 0 unspecified atom stereocenters. The lowest BCUT2D eigenvalue weighted by molar-refractivity contribution is -0.136. The second-order valence-corrected chi connectivity index (χ2v) is 7.27. The molecule has 0 radical (unpaired) electrons. The van der Waals surface area contributed by atoms with Gasteiger partial charge in [-0.1, -0.05) is 42.5 Å². The van der Waals surface area contributed by atoms with Crippen LogP contribution in [0.4, 0.5) is 24.8 Å². The van der Waals surface area contributed by atoms with Gasteiger partial charge >= 0.3 is 6.18 Å². The summed E-state index contributed by atoms with van der Waals surface area (Å²) in [6.45, 7) is -0.281. The molecule has 0 saturated heterocycles. The van der Waals surface area contributed by atoms with Crippen molar-refractivity contribution in [2.24, 2.45) is 0 Å². The molecule has 1 aliphatic rings. The van der Waals surface area contributed by atoms with Gasteiger partial charge in [0.2, 0.25) is 0 Å². The van der Waals surface area contributed by atoms with Crippen LogP contribution < -0.4 is 16.1 Å². The summed E-state index contributed by atoms with van der Waals surface area (Å²) in [5.74, 6) is 0.180. The Morgan fingerprint density at radius 3 is 2.64 bits per heavy atom. The molecule has 1 aliphatic carbocycles. The predicted molar refractivity (Wildman–Crippen MR) is 123 cm³/mol. The zero-order valence-electron chi connectivity index (χ0n) is 17.4. The summed E-state index contributed by atoms with van der Waals surface area (Å²) >= 11 is 0. The van der Waals surface area contributed by atoms with E-state index in [4.69, 9.17) is 5.11 Å². The molecular weight excluding hydrogens is 433 g/mol. The van der Waals surface area contributed by atoms with Gasteiger partial charge in [0.1, 0.15) is 11.6 Å². The summed E-state index contributed by atoms with van der Waals surface area (Å²) < 4.78 is 43.4. The average molecular weight is 454 g/mol. The highest BCUT2D eigenvalue weighted by atomic mass is 19.4. The van der Waals surface area contributed by atoms with E-state index in [2.05, 4.69) is 15.6 Å². The second kappa shape index (κ2) is 9.33. The molecule has 0 fully saturated rings. The molecule has 4 rings (SSSR count). The SMILES string of the molecule is O=c1cc(NC2=CCC=CC=C2)n(-c2ccccc2)c2nc(NCCO)cc(C(F)(F)F)c12. The molecule has 0 amide bonds. The van der Waals surface area contributed by atoms with Crippen LogP contribution in [-0.2, 0) is 6.18 Å². The molecule has 170 valence electrons. The van der Waals surface area contributed by atoms with Crippen molar-refractivity contribution in [1.29, 1.82) is 0 Å². The first kappa shape index (κ1) is 22.3. The standard InChI is InChI=1S/C24H21F3N4O2/c25-24(26,27)18-14-20(28-12-13-32)30-23-22(18)19(33)15-21(29-16-8-4-1-2-5-9-16)31(23)17-10-6-3-7-11-17/h1-4,6-11,14-15,29,32H,5,12-13H2,(H,28,30). The molecule has 0 aliphatic heterocycles. The zero-order valence-corrected chi connectivity index (χ0v) is 17.4. The molecule has 1 aromatic carbocycles. The molecule has 0 spiro atoms. The number of benzene rings is 1. The Morgan fingerprint density at radius 1 is 1.12 bits per heavy atom. The summed E-state index contributed by atoms with van der Waals surface area (Å²) in [6, 6.07) is 10.7. The first-order valence-corrected chi connectivity index (χ1v) is 10.3. The highest BCUT2D eigenvalue weighted by Crippen LogP contribution is 2.36. The van der Waals surface area contributed by atoms with Gasteiger partial charge in [0.15, 0.2) is 11.1 Å². The van der Waals surface area contributed by atoms with E-state index in [0.29, 0.717) is 17.8 Å². The minimum Gasteiger partial charge on any atom is -0.395 e. The lowest BCUT2D eigenvalue weighted by atomic mass is 10.1. The second-order valence-electron chi connectivity index (χ2n) is 7.27. The van der Waals surface area contributed by atoms with Crippen molar-refractivity contribution in [3.63, 3.8) is 0 Å². The minimum absolute atomic E-state index is 0.00793. The quantitative estimate of drug-likeness (QED) is 0.507. The van der Waals surface area contributed by atoms with Crippen molar-refractivity contribution in [2.45, 2.75) is 12.6 Å². The number of aliphatic hydroxyl groups excluding tert-OH is 1. The van der Waals surface area contributed by atoms with Crippen LogP contribution >= 0.6 is 0 Å². The van der Waals surface area contributed by atoms with Crippen molar-refractivity contribution in [1.82, 2.24) is 9.55 Å². The summed E-state index contributed by atoms with van der Waals surface area (Å²) in [5.41, 5.74) is -0.824. The molecular formula is C24H21F3N4O2. The van der Waals surface area contributed by atoms with Crippen LogP contribution in [0.5, 0.6) is 0 Å². The van der Waals surface area contributed by atoms with E-state index in [0.717, 1.165) is 12.1 Å². The fourth-order valence-electron chi connectivity index (χ4n) is 3.56. The Labute approximate surface area is 187 Å². The average Bonchev–Trinajstić information content (AvgIpc) is 3.06. The third-order valence-electron chi connectivity index (χ3n) is 4.97. The number of para-hydroxylation sites is 1. The number of rotatable bonds is 6. The molecule has 0 atom stereocenters. The molecule has 0 bridgehead atoms. The number of allylic oxidation sites excluding steroid dienone is 5. The Hall–Kier alpha value is -3.85. The monoisotopic (exact) mass is 454 g/mol. The maximum Gasteiger partial charge on any atom is 0.417 e. The molecule has 2 aromatic heterocycles. The predicted octanol–water partition coefficient (Wildman–Crippen LogP) is 4.62. The zero-order chi connectivity index (χ0) is 23.4. The summed E-state index contributed by atoms with van der Waals surface area (Å²) in [6.07, 6.45) is 5.24. The Balaban J connectivity index is 2.04. The largest absolute Gasteiger partial charge is 0.417 e. The van der Waals surface area contributed by atoms with Crippen LogP contribution in [0.2, 0.25) is 0 Å². The van der Waals surface area contributed by atoms with Crippen LogP contribution in [0.15, 0.2) is 83.3 Å². The number of aliphatic hydroxyl groups is 1. The Bertz CT molecular complexity index is 1310. The number of hydrogen-bond donors (Lipinski definition) is 3. The van der Waals surface area contributed by atoms with Gasteiger partial charge < -0.3 is 15.7 Å². The third kappa shape index (κ3) is 4.83. The van der Waals surface area contributed by atoms with Gasteiger partial charge in [0, 0.05) is 24.0 Å². The van der Waals surface area contributed by atoms with E-state index in [1.807, 2.05) is 24.3 Å². The van der Waals surface area contributed by atoms with E-state index >= 15 is 0 Å². The van der Waals surface area contributed by atoms with E-state index in [1.165, 1.54) is 4.57 Å². The Morgan fingerprint density at radius 2 is 1.91 bits per heavy atom. The molecule has 9 heteroatoms. The van der Waals surface area contributed by atoms with Crippen molar-refractivity contribution < 1.29 is 18.3 Å². The number of anilines is 2. The first-order valence-electron chi connectivity index (χ1n) is 10.3. The maximum absolute atomic E-state index is 14.0. The summed E-state index contributed by atoms with van der Waals surface area (Å²) in [7, 11) is 0. The van der Waals surface area contributed by atoms with Gasteiger partial charge in [-0.3, -0.25) is 9.36 Å². The normalized spacial score (nSPS) is 13.6. The molecule has 3 N–H and O–H groups in total.